The van der Waals surface area contributed by atoms with E-state index in [-0.39, 0.29) is 24.1 Å². The van der Waals surface area contributed by atoms with E-state index in [9.17, 15) is 4.39 Å². The number of halogens is 3. The van der Waals surface area contributed by atoms with Crippen molar-refractivity contribution in [3.63, 3.8) is 0 Å². The van der Waals surface area contributed by atoms with E-state index < -0.39 is 0 Å². The van der Waals surface area contributed by atoms with Crippen molar-refractivity contribution in [2.24, 2.45) is 0 Å². The zero-order valence-corrected chi connectivity index (χ0v) is 21.4. The molecule has 1 N–H and O–H groups in total. The molecule has 3 aromatic carbocycles. The Bertz CT molecular complexity index is 1210. The number of fused-ring (bicyclic) bond motifs is 1. The van der Waals surface area contributed by atoms with Crippen LogP contribution in [0.3, 0.4) is 0 Å². The molecule has 2 aliphatic heterocycles. The van der Waals surface area contributed by atoms with E-state index in [0.29, 0.717) is 10.8 Å². The third-order valence-electron chi connectivity index (χ3n) is 6.89. The van der Waals surface area contributed by atoms with Crippen molar-refractivity contribution in [1.82, 2.24) is 0 Å². The van der Waals surface area contributed by atoms with E-state index in [1.807, 2.05) is 30.3 Å². The number of rotatable bonds is 4. The van der Waals surface area contributed by atoms with Crippen molar-refractivity contribution in [2.45, 2.75) is 32.1 Å². The Labute approximate surface area is 218 Å². The summed E-state index contributed by atoms with van der Waals surface area (Å²) in [7, 11) is 0. The highest BCUT2D eigenvalue weighted by Gasteiger charge is 2.31. The second-order valence-corrected chi connectivity index (χ2v) is 9.69. The van der Waals surface area contributed by atoms with E-state index >= 15 is 0 Å². The van der Waals surface area contributed by atoms with Gasteiger partial charge in [0.25, 0.3) is 0 Å². The van der Waals surface area contributed by atoms with Gasteiger partial charge in [-0.15, -0.1) is 0 Å². The molecule has 1 saturated heterocycles. The first-order valence-corrected chi connectivity index (χ1v) is 12.5. The molecule has 182 valence electrons. The lowest BCUT2D eigenvalue weighted by atomic mass is 9.83. The maximum absolute atomic E-state index is 13.8. The molecule has 3 aromatic rings. The smallest absolute Gasteiger partial charge is 0.153 e. The fraction of sp³-hybridized carbons (Fsp3) is 0.267. The highest BCUT2D eigenvalue weighted by atomic mass is 35.5. The highest BCUT2D eigenvalue weighted by molar-refractivity contribution is 6.35. The number of ether oxygens (including phenoxy) is 1. The molecule has 0 bridgehead atoms. The first kappa shape index (κ1) is 25.5. The van der Waals surface area contributed by atoms with Crippen LogP contribution in [0.1, 0.15) is 47.4 Å². The van der Waals surface area contributed by atoms with Gasteiger partial charge >= 0.3 is 0 Å². The minimum atomic E-state index is -0.243. The Kier molecular flexibility index (Phi) is 8.33. The van der Waals surface area contributed by atoms with Gasteiger partial charge in [-0.1, -0.05) is 71.8 Å². The molecule has 1 atom stereocenters. The topological polar surface area (TPSA) is 13.7 Å². The first-order valence-electron chi connectivity index (χ1n) is 12.1. The Morgan fingerprint density at radius 3 is 2.34 bits per heavy atom. The molecule has 5 heteroatoms. The number of benzene rings is 3. The van der Waals surface area contributed by atoms with Crippen LogP contribution in [0.5, 0.6) is 5.75 Å². The van der Waals surface area contributed by atoms with Crippen LogP contribution in [0.4, 0.5) is 4.39 Å². The lowest BCUT2D eigenvalue weighted by Gasteiger charge is -2.24. The van der Waals surface area contributed by atoms with Crippen LogP contribution in [0.25, 0.3) is 5.76 Å². The number of nitrogens with one attached hydrogen (secondary N) is 1. The highest BCUT2D eigenvalue weighted by Crippen LogP contribution is 2.47. The second-order valence-electron chi connectivity index (χ2n) is 9.31. The third-order valence-corrected chi connectivity index (χ3v) is 7.28. The minimum absolute atomic E-state index is 0. The van der Waals surface area contributed by atoms with Gasteiger partial charge in [0.2, 0.25) is 0 Å². The van der Waals surface area contributed by atoms with Crippen LogP contribution < -0.4 is 22.0 Å². The summed E-state index contributed by atoms with van der Waals surface area (Å²) in [5.41, 5.74) is 5.19. The second kappa shape index (κ2) is 11.4. The van der Waals surface area contributed by atoms with Crippen LogP contribution in [0.2, 0.25) is 0 Å². The lowest BCUT2D eigenvalue weighted by molar-refractivity contribution is -0.899. The molecule has 2 aliphatic rings. The molecule has 0 aliphatic carbocycles. The molecule has 1 fully saturated rings. The van der Waals surface area contributed by atoms with Crippen LogP contribution in [0.15, 0.2) is 89.5 Å². The number of hydrogen-bond donors (Lipinski definition) is 1. The molecule has 0 aromatic heterocycles. The molecule has 1 unspecified atom stereocenters. The van der Waals surface area contributed by atoms with Crippen molar-refractivity contribution in [1.29, 1.82) is 0 Å². The van der Waals surface area contributed by atoms with Gasteiger partial charge in [-0.3, -0.25) is 0 Å². The third kappa shape index (κ3) is 5.64. The summed E-state index contributed by atoms with van der Waals surface area (Å²) >= 11 is 7.21. The summed E-state index contributed by atoms with van der Waals surface area (Å²) < 4.78 is 20.4. The van der Waals surface area contributed by atoms with Gasteiger partial charge in [0.15, 0.2) is 5.76 Å². The normalized spacial score (nSPS) is 19.5. The zero-order valence-electron chi connectivity index (χ0n) is 19.9. The van der Waals surface area contributed by atoms with Crippen molar-refractivity contribution in [2.75, 3.05) is 19.6 Å². The number of quaternary nitrogens is 1. The summed E-state index contributed by atoms with van der Waals surface area (Å²) in [6.07, 6.45) is 6.14. The van der Waals surface area contributed by atoms with Gasteiger partial charge in [0.1, 0.15) is 11.6 Å². The summed E-state index contributed by atoms with van der Waals surface area (Å²) in [6.45, 7) is 5.35. The summed E-state index contributed by atoms with van der Waals surface area (Å²) in [5, 5.41) is 0.616. The van der Waals surface area contributed by atoms with Crippen molar-refractivity contribution < 1.29 is 26.4 Å². The number of likely N-dealkylation sites (tertiary alicyclic amines) is 1. The van der Waals surface area contributed by atoms with Crippen molar-refractivity contribution >= 4 is 17.4 Å². The van der Waals surface area contributed by atoms with Crippen molar-refractivity contribution in [3.05, 3.63) is 118 Å². The molecule has 0 spiro atoms. The maximum Gasteiger partial charge on any atom is 0.153 e. The number of para-hydroxylation sites is 1. The number of allylic oxidation sites excluding steroid dienone is 2. The molecular formula is C30H30Cl2FNO. The summed E-state index contributed by atoms with van der Waals surface area (Å²) in [4.78, 5) is 1.58. The Morgan fingerprint density at radius 2 is 1.63 bits per heavy atom. The predicted octanol–water partition coefficient (Wildman–Crippen LogP) is 3.27. The van der Waals surface area contributed by atoms with Crippen LogP contribution >= 0.6 is 11.6 Å². The SMILES string of the molecule is Cc1ccc(C2=C(Cl)C(=CC[NH+]3CCCCC3)C(c3ccc(F)cc3)c3ccccc3O2)cc1.[Cl-]. The van der Waals surface area contributed by atoms with Gasteiger partial charge < -0.3 is 22.0 Å². The van der Waals surface area contributed by atoms with Gasteiger partial charge in [0, 0.05) is 17.0 Å². The fourth-order valence-corrected chi connectivity index (χ4v) is 5.35. The quantitative estimate of drug-likeness (QED) is 0.569. The Hall–Kier alpha value is -2.59. The monoisotopic (exact) mass is 509 g/mol. The van der Waals surface area contributed by atoms with E-state index in [1.54, 1.807) is 4.90 Å². The zero-order chi connectivity index (χ0) is 23.5. The molecule has 2 heterocycles. The van der Waals surface area contributed by atoms with Gasteiger partial charge in [-0.2, -0.15) is 0 Å². The average Bonchev–Trinajstić information content (AvgIpc) is 2.99. The number of hydrogen-bond acceptors (Lipinski definition) is 1. The van der Waals surface area contributed by atoms with E-state index in [4.69, 9.17) is 16.3 Å². The lowest BCUT2D eigenvalue weighted by Crippen LogP contribution is -3.12. The standard InChI is InChI=1S/C30H29ClFNO.ClH/c1-21-9-11-23(12-10-21)30-29(31)26(17-20-33-18-5-2-6-19-33)28(22-13-15-24(32)16-14-22)25-7-3-4-8-27(25)34-30;/h3-4,7-17,28H,2,5-6,18-20H2,1H3;1H. The summed E-state index contributed by atoms with van der Waals surface area (Å²) in [5.74, 6) is 1.06. The molecule has 5 rings (SSSR count). The van der Waals surface area contributed by atoms with Crippen LogP contribution in [-0.4, -0.2) is 19.6 Å². The Balaban J connectivity index is 0.00000289. The fourth-order valence-electron chi connectivity index (χ4n) is 5.01. The van der Waals surface area contributed by atoms with E-state index in [1.165, 1.54) is 50.0 Å². The van der Waals surface area contributed by atoms with Crippen LogP contribution in [-0.2, 0) is 0 Å². The largest absolute Gasteiger partial charge is 1.00 e. The number of aryl methyl sites for hydroxylation is 1. The average molecular weight is 510 g/mol. The summed E-state index contributed by atoms with van der Waals surface area (Å²) in [6, 6.07) is 23.1. The first-order chi connectivity index (χ1) is 16.6. The molecule has 0 saturated carbocycles. The van der Waals surface area contributed by atoms with E-state index in [2.05, 4.69) is 43.3 Å². The van der Waals surface area contributed by atoms with Gasteiger partial charge in [-0.05, 0) is 61.6 Å². The maximum atomic E-state index is 13.8. The molecule has 0 radical (unpaired) electrons. The molecule has 0 amide bonds. The molecule has 35 heavy (non-hydrogen) atoms. The van der Waals surface area contributed by atoms with Gasteiger partial charge in [0.05, 0.1) is 24.7 Å². The van der Waals surface area contributed by atoms with Gasteiger partial charge in [-0.25, -0.2) is 4.39 Å². The van der Waals surface area contributed by atoms with Crippen molar-refractivity contribution in [3.8, 4) is 5.75 Å². The molecule has 2 nitrogen and oxygen atoms in total. The predicted molar refractivity (Wildman–Crippen MR) is 137 cm³/mol. The van der Waals surface area contributed by atoms with Crippen LogP contribution in [0, 0.1) is 12.7 Å². The van der Waals surface area contributed by atoms with E-state index in [0.717, 1.165) is 34.6 Å². The Morgan fingerprint density at radius 1 is 0.943 bits per heavy atom. The minimum Gasteiger partial charge on any atom is -1.00 e. The number of piperidine rings is 1. The molecular weight excluding hydrogens is 480 g/mol.